The lowest BCUT2D eigenvalue weighted by atomic mass is 10.1. The summed E-state index contributed by atoms with van der Waals surface area (Å²) in [5, 5.41) is 9.53. The highest BCUT2D eigenvalue weighted by Gasteiger charge is 2.13. The average molecular weight is 494 g/mol. The summed E-state index contributed by atoms with van der Waals surface area (Å²) >= 11 is 3.42. The van der Waals surface area contributed by atoms with Gasteiger partial charge in [-0.3, -0.25) is 14.9 Å². The van der Waals surface area contributed by atoms with Crippen LogP contribution in [0.3, 0.4) is 0 Å². The Balaban J connectivity index is 1.79. The van der Waals surface area contributed by atoms with E-state index in [0.717, 1.165) is 21.4 Å². The first-order chi connectivity index (χ1) is 15.4. The summed E-state index contributed by atoms with van der Waals surface area (Å²) in [6.45, 7) is 6.50. The van der Waals surface area contributed by atoms with E-state index in [-0.39, 0.29) is 5.57 Å². The zero-order chi connectivity index (χ0) is 23.1. The first-order valence-corrected chi connectivity index (χ1v) is 10.9. The molecule has 6 nitrogen and oxygen atoms in total. The summed E-state index contributed by atoms with van der Waals surface area (Å²) in [4.78, 5) is 12.6. The van der Waals surface area contributed by atoms with Crippen LogP contribution in [0.25, 0.3) is 6.08 Å². The molecule has 1 amide bonds. The van der Waals surface area contributed by atoms with Crippen LogP contribution in [-0.4, -0.2) is 17.2 Å². The lowest BCUT2D eigenvalue weighted by Gasteiger charge is -2.13. The number of hydrogen-bond acceptors (Lipinski definition) is 4. The fourth-order valence-electron chi connectivity index (χ4n) is 3.07. The Kier molecular flexibility index (Phi) is 7.74. The van der Waals surface area contributed by atoms with Crippen LogP contribution in [0.1, 0.15) is 29.4 Å². The molecular formula is C25H24BrN3O3. The molecule has 0 radical (unpaired) electrons. The lowest BCUT2D eigenvalue weighted by Crippen LogP contribution is -2.25. The summed E-state index contributed by atoms with van der Waals surface area (Å²) in [5.41, 5.74) is 6.18. The number of aryl methyl sites for hydroxylation is 2. The molecule has 0 aliphatic heterocycles. The van der Waals surface area contributed by atoms with Gasteiger partial charge in [-0.2, -0.15) is 5.26 Å². The quantitative estimate of drug-likeness (QED) is 0.331. The molecule has 32 heavy (non-hydrogen) atoms. The monoisotopic (exact) mass is 493 g/mol. The third-order valence-electron chi connectivity index (χ3n) is 4.74. The first-order valence-electron chi connectivity index (χ1n) is 10.1. The number of halogens is 1. The summed E-state index contributed by atoms with van der Waals surface area (Å²) in [6, 6.07) is 19.0. The van der Waals surface area contributed by atoms with E-state index in [1.807, 2.05) is 63.2 Å². The van der Waals surface area contributed by atoms with Gasteiger partial charge in [0.25, 0.3) is 5.91 Å². The molecule has 3 rings (SSSR count). The van der Waals surface area contributed by atoms with Gasteiger partial charge in [0.1, 0.15) is 18.2 Å². The number of nitriles is 1. The minimum Gasteiger partial charge on any atom is -0.490 e. The number of amides is 1. The van der Waals surface area contributed by atoms with Crippen LogP contribution < -0.4 is 14.9 Å². The fraction of sp³-hybridized carbons (Fsp3) is 0.200. The van der Waals surface area contributed by atoms with Gasteiger partial charge in [-0.15, -0.1) is 0 Å². The maximum absolute atomic E-state index is 12.6. The van der Waals surface area contributed by atoms with E-state index >= 15 is 0 Å². The van der Waals surface area contributed by atoms with Gasteiger partial charge >= 0.3 is 0 Å². The molecule has 0 bridgehead atoms. The van der Waals surface area contributed by atoms with Gasteiger partial charge < -0.3 is 9.47 Å². The lowest BCUT2D eigenvalue weighted by molar-refractivity contribution is -0.113. The number of carbonyl (C=O) groups is 1. The molecular weight excluding hydrogens is 470 g/mol. The number of nitrogens with zero attached hydrogens (tertiary/aromatic N) is 2. The molecule has 1 aromatic heterocycles. The highest BCUT2D eigenvalue weighted by atomic mass is 79.9. The Morgan fingerprint density at radius 2 is 1.75 bits per heavy atom. The van der Waals surface area contributed by atoms with Crippen LogP contribution in [0.5, 0.6) is 11.5 Å². The van der Waals surface area contributed by atoms with Crippen molar-refractivity contribution in [1.29, 1.82) is 5.26 Å². The number of nitrogens with one attached hydrogen (secondary N) is 1. The molecule has 1 N–H and O–H groups in total. The Labute approximate surface area is 196 Å². The molecule has 1 heterocycles. The third-order valence-corrected chi connectivity index (χ3v) is 5.26. The Morgan fingerprint density at radius 1 is 1.06 bits per heavy atom. The van der Waals surface area contributed by atoms with E-state index in [2.05, 4.69) is 21.4 Å². The summed E-state index contributed by atoms with van der Waals surface area (Å²) in [6.07, 6.45) is 1.53. The number of rotatable bonds is 8. The molecule has 0 aliphatic carbocycles. The van der Waals surface area contributed by atoms with Crippen molar-refractivity contribution in [2.45, 2.75) is 27.4 Å². The summed E-state index contributed by atoms with van der Waals surface area (Å²) in [5.74, 6) is 0.657. The predicted octanol–water partition coefficient (Wildman–Crippen LogP) is 5.52. The number of benzene rings is 2. The third kappa shape index (κ3) is 5.80. The molecule has 0 saturated heterocycles. The largest absolute Gasteiger partial charge is 0.490 e. The van der Waals surface area contributed by atoms with Crippen LogP contribution >= 0.6 is 15.9 Å². The van der Waals surface area contributed by atoms with Gasteiger partial charge in [-0.1, -0.05) is 34.1 Å². The maximum Gasteiger partial charge on any atom is 0.280 e. The van der Waals surface area contributed by atoms with Gasteiger partial charge in [0.15, 0.2) is 11.5 Å². The van der Waals surface area contributed by atoms with Gasteiger partial charge in [-0.25, -0.2) is 0 Å². The van der Waals surface area contributed by atoms with Crippen LogP contribution in [-0.2, 0) is 11.4 Å². The van der Waals surface area contributed by atoms with Gasteiger partial charge in [0.2, 0.25) is 0 Å². The van der Waals surface area contributed by atoms with Crippen LogP contribution in [0.2, 0.25) is 0 Å². The average Bonchev–Trinajstić information content (AvgIpc) is 3.10. The molecule has 0 saturated carbocycles. The SMILES string of the molecule is CCOc1cc(/C=C(/C#N)C(=O)Nn2c(C)ccc2C)ccc1OCc1ccc(Br)cc1. The minimum atomic E-state index is -0.483. The molecule has 164 valence electrons. The van der Waals surface area contributed by atoms with Crippen LogP contribution in [0.4, 0.5) is 0 Å². The molecule has 2 aromatic carbocycles. The zero-order valence-corrected chi connectivity index (χ0v) is 19.8. The van der Waals surface area contributed by atoms with E-state index in [9.17, 15) is 10.1 Å². The number of ether oxygens (including phenoxy) is 2. The van der Waals surface area contributed by atoms with Crippen molar-refractivity contribution >= 4 is 27.9 Å². The van der Waals surface area contributed by atoms with Gasteiger partial charge in [-0.05, 0) is 74.4 Å². The van der Waals surface area contributed by atoms with Gasteiger partial charge in [0, 0.05) is 15.9 Å². The molecule has 7 heteroatoms. The second-order valence-corrected chi connectivity index (χ2v) is 8.03. The van der Waals surface area contributed by atoms with Crippen molar-refractivity contribution < 1.29 is 14.3 Å². The van der Waals surface area contributed by atoms with E-state index < -0.39 is 5.91 Å². The highest BCUT2D eigenvalue weighted by molar-refractivity contribution is 9.10. The minimum absolute atomic E-state index is 0.0107. The molecule has 0 atom stereocenters. The number of carbonyl (C=O) groups excluding carboxylic acids is 1. The summed E-state index contributed by atoms with van der Waals surface area (Å²) in [7, 11) is 0. The summed E-state index contributed by atoms with van der Waals surface area (Å²) < 4.78 is 14.3. The second kappa shape index (κ2) is 10.7. The zero-order valence-electron chi connectivity index (χ0n) is 18.2. The van der Waals surface area contributed by atoms with Crippen LogP contribution in [0.15, 0.2) is 64.6 Å². The standard InChI is InChI=1S/C25H24BrN3O3/c1-4-31-24-14-20(9-12-23(24)32-16-19-7-10-22(26)11-8-19)13-21(15-27)25(30)28-29-17(2)5-6-18(29)3/h5-14H,4,16H2,1-3H3,(H,28,30)/b21-13-. The maximum atomic E-state index is 12.6. The molecule has 0 aliphatic rings. The van der Waals surface area contributed by atoms with Crippen molar-refractivity contribution in [2.75, 3.05) is 12.0 Å². The van der Waals surface area contributed by atoms with E-state index in [0.29, 0.717) is 30.3 Å². The Hall–Kier alpha value is -3.50. The van der Waals surface area contributed by atoms with Crippen molar-refractivity contribution in [3.8, 4) is 17.6 Å². The van der Waals surface area contributed by atoms with Crippen molar-refractivity contribution in [1.82, 2.24) is 4.68 Å². The van der Waals surface area contributed by atoms with E-state index in [4.69, 9.17) is 9.47 Å². The number of aromatic nitrogens is 1. The smallest absolute Gasteiger partial charge is 0.280 e. The number of hydrogen-bond donors (Lipinski definition) is 1. The van der Waals surface area contributed by atoms with Crippen LogP contribution in [0, 0.1) is 25.2 Å². The predicted molar refractivity (Wildman–Crippen MR) is 128 cm³/mol. The topological polar surface area (TPSA) is 76.3 Å². The van der Waals surface area contributed by atoms with E-state index in [1.165, 1.54) is 6.08 Å². The van der Waals surface area contributed by atoms with E-state index in [1.54, 1.807) is 22.9 Å². The molecule has 0 unspecified atom stereocenters. The molecule has 3 aromatic rings. The van der Waals surface area contributed by atoms with Crippen molar-refractivity contribution in [2.24, 2.45) is 0 Å². The first kappa shape index (κ1) is 23.2. The Morgan fingerprint density at radius 3 is 2.38 bits per heavy atom. The molecule has 0 fully saturated rings. The van der Waals surface area contributed by atoms with Crippen molar-refractivity contribution in [3.63, 3.8) is 0 Å². The fourth-order valence-corrected chi connectivity index (χ4v) is 3.33. The highest BCUT2D eigenvalue weighted by Crippen LogP contribution is 2.30. The second-order valence-electron chi connectivity index (χ2n) is 7.12. The van der Waals surface area contributed by atoms with Crippen molar-refractivity contribution in [3.05, 3.63) is 87.2 Å². The van der Waals surface area contributed by atoms with Gasteiger partial charge in [0.05, 0.1) is 6.61 Å². The Bertz CT molecular complexity index is 1150. The molecule has 0 spiro atoms. The normalized spacial score (nSPS) is 11.0.